The third kappa shape index (κ3) is 7.46. The van der Waals surface area contributed by atoms with E-state index in [0.29, 0.717) is 13.0 Å². The molecule has 35 heavy (non-hydrogen) atoms. The smallest absolute Gasteiger partial charge is 0.243 e. The number of amides is 2. The second-order valence-electron chi connectivity index (χ2n) is 9.30. The second kappa shape index (κ2) is 12.6. The SMILES string of the molecule is Cc1ccc(CN(C(=O)CSc2ccccc2)C(Cc2ccccc2)C(=O)NC2CCCC2)cc1. The van der Waals surface area contributed by atoms with Crippen LogP contribution in [0.25, 0.3) is 0 Å². The third-order valence-corrected chi connectivity index (χ3v) is 7.55. The number of nitrogens with zero attached hydrogens (tertiary/aromatic N) is 1. The fraction of sp³-hybridized carbons (Fsp3) is 0.333. The first-order chi connectivity index (χ1) is 17.1. The van der Waals surface area contributed by atoms with E-state index in [4.69, 9.17) is 0 Å². The van der Waals surface area contributed by atoms with E-state index in [1.165, 1.54) is 17.3 Å². The molecule has 1 aliphatic carbocycles. The van der Waals surface area contributed by atoms with Crippen LogP contribution in [0.3, 0.4) is 0 Å². The minimum absolute atomic E-state index is 0.0260. The lowest BCUT2D eigenvalue weighted by Crippen LogP contribution is -2.52. The molecular weight excluding hydrogens is 452 g/mol. The van der Waals surface area contributed by atoms with Crippen molar-refractivity contribution in [1.29, 1.82) is 0 Å². The van der Waals surface area contributed by atoms with E-state index in [2.05, 4.69) is 36.5 Å². The Morgan fingerprint density at radius 2 is 1.51 bits per heavy atom. The van der Waals surface area contributed by atoms with E-state index < -0.39 is 6.04 Å². The summed E-state index contributed by atoms with van der Waals surface area (Å²) in [5.41, 5.74) is 3.25. The monoisotopic (exact) mass is 486 g/mol. The summed E-state index contributed by atoms with van der Waals surface area (Å²) in [6.45, 7) is 2.46. The predicted molar refractivity (Wildman–Crippen MR) is 143 cm³/mol. The topological polar surface area (TPSA) is 49.4 Å². The van der Waals surface area contributed by atoms with Crippen LogP contribution in [-0.4, -0.2) is 34.6 Å². The average Bonchev–Trinajstić information content (AvgIpc) is 3.40. The summed E-state index contributed by atoms with van der Waals surface area (Å²) in [5, 5.41) is 3.26. The van der Waals surface area contributed by atoms with Gasteiger partial charge < -0.3 is 10.2 Å². The molecule has 0 bridgehead atoms. The highest BCUT2D eigenvalue weighted by Gasteiger charge is 2.32. The lowest BCUT2D eigenvalue weighted by molar-refractivity contribution is -0.139. The number of aryl methyl sites for hydroxylation is 1. The van der Waals surface area contributed by atoms with Crippen LogP contribution in [0.1, 0.15) is 42.4 Å². The van der Waals surface area contributed by atoms with Gasteiger partial charge in [0.25, 0.3) is 0 Å². The van der Waals surface area contributed by atoms with Crippen LogP contribution in [0.4, 0.5) is 0 Å². The standard InChI is InChI=1S/C30H34N2O2S/c1-23-16-18-25(19-17-23)21-32(29(33)22-35-27-14-6-3-7-15-27)28(20-24-10-4-2-5-11-24)30(34)31-26-12-8-9-13-26/h2-7,10-11,14-19,26,28H,8-9,12-13,20-22H2,1H3,(H,31,34). The Bertz CT molecular complexity index is 1080. The molecule has 3 aromatic carbocycles. The summed E-state index contributed by atoms with van der Waals surface area (Å²) in [7, 11) is 0. The molecule has 1 aliphatic rings. The van der Waals surface area contributed by atoms with Gasteiger partial charge >= 0.3 is 0 Å². The molecule has 1 N–H and O–H groups in total. The number of thioether (sulfide) groups is 1. The largest absolute Gasteiger partial charge is 0.352 e. The molecule has 182 valence electrons. The van der Waals surface area contributed by atoms with Crippen LogP contribution in [0, 0.1) is 6.92 Å². The van der Waals surface area contributed by atoms with Gasteiger partial charge in [0.2, 0.25) is 11.8 Å². The molecule has 1 atom stereocenters. The van der Waals surface area contributed by atoms with E-state index >= 15 is 0 Å². The molecule has 5 heteroatoms. The van der Waals surface area contributed by atoms with Crippen LogP contribution < -0.4 is 5.32 Å². The number of benzene rings is 3. The Hall–Kier alpha value is -3.05. The van der Waals surface area contributed by atoms with Gasteiger partial charge in [0.1, 0.15) is 6.04 Å². The zero-order chi connectivity index (χ0) is 24.5. The quantitative estimate of drug-likeness (QED) is 0.369. The highest BCUT2D eigenvalue weighted by atomic mass is 32.2. The highest BCUT2D eigenvalue weighted by molar-refractivity contribution is 8.00. The van der Waals surface area contributed by atoms with Crippen molar-refractivity contribution in [1.82, 2.24) is 10.2 Å². The summed E-state index contributed by atoms with van der Waals surface area (Å²) >= 11 is 1.52. The van der Waals surface area contributed by atoms with Crippen molar-refractivity contribution in [2.45, 2.75) is 62.6 Å². The molecule has 4 nitrogen and oxygen atoms in total. The first kappa shape index (κ1) is 25.1. The molecule has 0 heterocycles. The molecule has 3 aromatic rings. The van der Waals surface area contributed by atoms with Crippen molar-refractivity contribution in [3.8, 4) is 0 Å². The average molecular weight is 487 g/mol. The Morgan fingerprint density at radius 3 is 2.17 bits per heavy atom. The van der Waals surface area contributed by atoms with Crippen LogP contribution in [0.15, 0.2) is 89.8 Å². The van der Waals surface area contributed by atoms with Crippen LogP contribution in [-0.2, 0) is 22.6 Å². The number of carbonyl (C=O) groups is 2. The summed E-state index contributed by atoms with van der Waals surface area (Å²) < 4.78 is 0. The number of hydrogen-bond acceptors (Lipinski definition) is 3. The van der Waals surface area contributed by atoms with E-state index in [-0.39, 0.29) is 23.6 Å². The number of hydrogen-bond donors (Lipinski definition) is 1. The Balaban J connectivity index is 1.60. The molecule has 4 rings (SSSR count). The minimum Gasteiger partial charge on any atom is -0.352 e. The molecule has 1 unspecified atom stereocenters. The summed E-state index contributed by atoms with van der Waals surface area (Å²) in [4.78, 5) is 30.2. The maximum atomic E-state index is 13.7. The van der Waals surface area contributed by atoms with Crippen molar-refractivity contribution in [3.05, 3.63) is 102 Å². The van der Waals surface area contributed by atoms with Gasteiger partial charge in [0, 0.05) is 23.9 Å². The van der Waals surface area contributed by atoms with Crippen molar-refractivity contribution >= 4 is 23.6 Å². The van der Waals surface area contributed by atoms with E-state index in [0.717, 1.165) is 41.7 Å². The van der Waals surface area contributed by atoms with E-state index in [1.807, 2.05) is 60.7 Å². The molecule has 2 amide bonds. The fourth-order valence-corrected chi connectivity index (χ4v) is 5.36. The van der Waals surface area contributed by atoms with Gasteiger partial charge in [-0.3, -0.25) is 9.59 Å². The number of rotatable bonds is 10. The molecule has 0 aromatic heterocycles. The number of nitrogens with one attached hydrogen (secondary N) is 1. The lowest BCUT2D eigenvalue weighted by Gasteiger charge is -2.32. The van der Waals surface area contributed by atoms with Crippen molar-refractivity contribution < 1.29 is 9.59 Å². The zero-order valence-electron chi connectivity index (χ0n) is 20.4. The van der Waals surface area contributed by atoms with Gasteiger partial charge in [-0.15, -0.1) is 11.8 Å². The molecule has 1 fully saturated rings. The van der Waals surface area contributed by atoms with E-state index in [9.17, 15) is 9.59 Å². The van der Waals surface area contributed by atoms with Crippen molar-refractivity contribution in [2.24, 2.45) is 0 Å². The zero-order valence-corrected chi connectivity index (χ0v) is 21.2. The fourth-order valence-electron chi connectivity index (χ4n) is 4.56. The van der Waals surface area contributed by atoms with Crippen LogP contribution >= 0.6 is 11.8 Å². The summed E-state index contributed by atoms with van der Waals surface area (Å²) in [6, 6.07) is 27.8. The number of carbonyl (C=O) groups excluding carboxylic acids is 2. The first-order valence-electron chi connectivity index (χ1n) is 12.5. The third-order valence-electron chi connectivity index (χ3n) is 6.55. The molecule has 1 saturated carbocycles. The van der Waals surface area contributed by atoms with Crippen molar-refractivity contribution in [3.63, 3.8) is 0 Å². The molecular formula is C30H34N2O2S. The second-order valence-corrected chi connectivity index (χ2v) is 10.4. The van der Waals surface area contributed by atoms with Gasteiger partial charge in [0.15, 0.2) is 0 Å². The minimum atomic E-state index is -0.567. The predicted octanol–water partition coefficient (Wildman–Crippen LogP) is 5.79. The van der Waals surface area contributed by atoms with Gasteiger partial charge in [-0.05, 0) is 43.0 Å². The highest BCUT2D eigenvalue weighted by Crippen LogP contribution is 2.22. The van der Waals surface area contributed by atoms with E-state index in [1.54, 1.807) is 4.90 Å². The Morgan fingerprint density at radius 1 is 0.886 bits per heavy atom. The van der Waals surface area contributed by atoms with Gasteiger partial charge in [-0.2, -0.15) is 0 Å². The molecule has 0 spiro atoms. The maximum Gasteiger partial charge on any atom is 0.243 e. The molecule has 0 saturated heterocycles. The first-order valence-corrected chi connectivity index (χ1v) is 13.4. The molecule has 0 aliphatic heterocycles. The lowest BCUT2D eigenvalue weighted by atomic mass is 10.0. The maximum absolute atomic E-state index is 13.7. The van der Waals surface area contributed by atoms with Crippen LogP contribution in [0.5, 0.6) is 0 Å². The summed E-state index contributed by atoms with van der Waals surface area (Å²) in [6.07, 6.45) is 4.81. The van der Waals surface area contributed by atoms with Gasteiger partial charge in [-0.25, -0.2) is 0 Å². The molecule has 0 radical (unpaired) electrons. The Kier molecular flexibility index (Phi) is 9.02. The van der Waals surface area contributed by atoms with Crippen LogP contribution in [0.2, 0.25) is 0 Å². The Labute approximate surface area is 213 Å². The van der Waals surface area contributed by atoms with Crippen molar-refractivity contribution in [2.75, 3.05) is 5.75 Å². The van der Waals surface area contributed by atoms with Gasteiger partial charge in [-0.1, -0.05) is 91.2 Å². The van der Waals surface area contributed by atoms with Gasteiger partial charge in [0.05, 0.1) is 5.75 Å². The summed E-state index contributed by atoms with van der Waals surface area (Å²) in [5.74, 6) is 0.213. The normalized spacial score (nSPS) is 14.4.